The molecule has 2 aliphatic heterocycles. The Morgan fingerprint density at radius 1 is 1.28 bits per heavy atom. The third-order valence-electron chi connectivity index (χ3n) is 5.44. The van der Waals surface area contributed by atoms with Gasteiger partial charge in [0.2, 0.25) is 5.91 Å². The fourth-order valence-electron chi connectivity index (χ4n) is 4.05. The molecule has 2 saturated heterocycles. The van der Waals surface area contributed by atoms with Crippen LogP contribution in [0, 0.1) is 0 Å². The number of likely N-dealkylation sites (tertiary alicyclic amines) is 1. The van der Waals surface area contributed by atoms with Crippen LogP contribution in [0.4, 0.5) is 0 Å². The second kappa shape index (κ2) is 9.32. The van der Waals surface area contributed by atoms with Crippen molar-refractivity contribution >= 4 is 5.91 Å². The average molecular weight is 345 g/mol. The number of hydrogen-bond acceptors (Lipinski definition) is 4. The van der Waals surface area contributed by atoms with Gasteiger partial charge in [-0.05, 0) is 43.7 Å². The van der Waals surface area contributed by atoms with Gasteiger partial charge in [0.25, 0.3) is 0 Å². The number of carbonyl (C=O) groups excluding carboxylic acids is 1. The van der Waals surface area contributed by atoms with Crippen molar-refractivity contribution in [3.63, 3.8) is 0 Å². The number of nitrogens with zero attached hydrogens (tertiary/aromatic N) is 1. The van der Waals surface area contributed by atoms with E-state index < -0.39 is 0 Å². The van der Waals surface area contributed by atoms with Gasteiger partial charge >= 0.3 is 0 Å². The molecular weight excluding hydrogens is 312 g/mol. The highest BCUT2D eigenvalue weighted by Crippen LogP contribution is 2.26. The number of carbonyl (C=O) groups is 1. The van der Waals surface area contributed by atoms with Crippen molar-refractivity contribution in [1.82, 2.24) is 21.1 Å². The first-order valence-corrected chi connectivity index (χ1v) is 9.82. The highest BCUT2D eigenvalue weighted by molar-refractivity contribution is 5.82. The second-order valence-electron chi connectivity index (χ2n) is 7.40. The smallest absolute Gasteiger partial charge is 0.238 e. The fourth-order valence-corrected chi connectivity index (χ4v) is 4.05. The van der Waals surface area contributed by atoms with Gasteiger partial charge in [0.1, 0.15) is 6.04 Å². The van der Waals surface area contributed by atoms with Gasteiger partial charge in [-0.15, -0.1) is 0 Å². The van der Waals surface area contributed by atoms with Crippen molar-refractivity contribution in [1.29, 1.82) is 0 Å². The second-order valence-corrected chi connectivity index (χ2v) is 7.40. The van der Waals surface area contributed by atoms with E-state index in [2.05, 4.69) is 58.3 Å². The molecule has 3 rings (SSSR count). The van der Waals surface area contributed by atoms with Crippen molar-refractivity contribution in [2.45, 2.75) is 57.0 Å². The van der Waals surface area contributed by atoms with Crippen LogP contribution in [0.2, 0.25) is 0 Å². The van der Waals surface area contributed by atoms with Gasteiger partial charge in [-0.25, -0.2) is 5.43 Å². The molecule has 2 heterocycles. The molecule has 0 spiro atoms. The first kappa shape index (κ1) is 18.4. The maximum absolute atomic E-state index is 12.3. The molecule has 5 heteroatoms. The van der Waals surface area contributed by atoms with E-state index in [-0.39, 0.29) is 11.9 Å². The molecule has 25 heavy (non-hydrogen) atoms. The van der Waals surface area contributed by atoms with E-state index in [4.69, 9.17) is 0 Å². The molecule has 0 saturated carbocycles. The van der Waals surface area contributed by atoms with Crippen molar-refractivity contribution < 1.29 is 4.79 Å². The number of rotatable bonds is 7. The first-order valence-electron chi connectivity index (χ1n) is 9.82. The number of hydrogen-bond donors (Lipinski definition) is 3. The summed E-state index contributed by atoms with van der Waals surface area (Å²) in [4.78, 5) is 14.8. The lowest BCUT2D eigenvalue weighted by Gasteiger charge is -2.33. The van der Waals surface area contributed by atoms with Gasteiger partial charge in [0.15, 0.2) is 0 Å². The Hall–Kier alpha value is -1.43. The van der Waals surface area contributed by atoms with Crippen LogP contribution in [0.3, 0.4) is 0 Å². The molecule has 2 fully saturated rings. The molecule has 1 amide bonds. The predicted molar refractivity (Wildman–Crippen MR) is 101 cm³/mol. The fraction of sp³-hybridized carbons (Fsp3) is 0.650. The number of benzene rings is 1. The zero-order chi connectivity index (χ0) is 17.5. The van der Waals surface area contributed by atoms with Crippen LogP contribution in [0.5, 0.6) is 0 Å². The standard InChI is InChI=1S/C20H32N4O/c1-2-7-18-14-19(23-22-18)20(25)21-11-13-24-12-6-10-17(15-24)16-8-4-3-5-9-16/h3-5,8-9,17-19,22-23H,2,6-7,10-15H2,1H3,(H,21,25). The van der Waals surface area contributed by atoms with Crippen LogP contribution in [-0.2, 0) is 4.79 Å². The summed E-state index contributed by atoms with van der Waals surface area (Å²) in [6.45, 7) is 6.09. The van der Waals surface area contributed by atoms with Crippen LogP contribution in [0.15, 0.2) is 30.3 Å². The van der Waals surface area contributed by atoms with Gasteiger partial charge in [0.05, 0.1) is 0 Å². The Balaban J connectivity index is 1.38. The molecule has 1 aromatic rings. The molecule has 3 N–H and O–H groups in total. The minimum absolute atomic E-state index is 0.0880. The van der Waals surface area contributed by atoms with Crippen LogP contribution >= 0.6 is 0 Å². The molecule has 1 aromatic carbocycles. The van der Waals surface area contributed by atoms with E-state index in [0.717, 1.165) is 45.4 Å². The average Bonchev–Trinajstić information content (AvgIpc) is 3.12. The predicted octanol–water partition coefficient (Wildman–Crippen LogP) is 2.02. The van der Waals surface area contributed by atoms with Crippen LogP contribution in [0.25, 0.3) is 0 Å². The number of piperidine rings is 1. The minimum Gasteiger partial charge on any atom is -0.353 e. The number of hydrazine groups is 1. The summed E-state index contributed by atoms with van der Waals surface area (Å²) >= 11 is 0. The highest BCUT2D eigenvalue weighted by atomic mass is 16.2. The largest absolute Gasteiger partial charge is 0.353 e. The summed E-state index contributed by atoms with van der Waals surface area (Å²) < 4.78 is 0. The lowest BCUT2D eigenvalue weighted by Crippen LogP contribution is -2.46. The van der Waals surface area contributed by atoms with Gasteiger partial charge in [-0.1, -0.05) is 43.7 Å². The normalized spacial score (nSPS) is 27.3. The molecule has 0 radical (unpaired) electrons. The molecule has 3 atom stereocenters. The van der Waals surface area contributed by atoms with E-state index in [1.807, 2.05) is 0 Å². The SMILES string of the molecule is CCCC1CC(C(=O)NCCN2CCCC(c3ccccc3)C2)NN1. The van der Waals surface area contributed by atoms with Crippen molar-refractivity contribution in [2.24, 2.45) is 0 Å². The topological polar surface area (TPSA) is 56.4 Å². The minimum atomic E-state index is -0.0880. The summed E-state index contributed by atoms with van der Waals surface area (Å²) in [6, 6.07) is 11.1. The lowest BCUT2D eigenvalue weighted by atomic mass is 9.91. The van der Waals surface area contributed by atoms with Crippen LogP contribution < -0.4 is 16.2 Å². The number of nitrogens with one attached hydrogen (secondary N) is 3. The summed E-state index contributed by atoms with van der Waals surface area (Å²) in [7, 11) is 0. The summed E-state index contributed by atoms with van der Waals surface area (Å²) in [5, 5.41) is 3.11. The van der Waals surface area contributed by atoms with Crippen LogP contribution in [-0.4, -0.2) is 49.1 Å². The van der Waals surface area contributed by atoms with Gasteiger partial charge in [-0.3, -0.25) is 10.2 Å². The lowest BCUT2D eigenvalue weighted by molar-refractivity contribution is -0.122. The summed E-state index contributed by atoms with van der Waals surface area (Å²) in [5.41, 5.74) is 7.81. The van der Waals surface area contributed by atoms with E-state index in [9.17, 15) is 4.79 Å². The van der Waals surface area contributed by atoms with Crippen LogP contribution in [0.1, 0.15) is 50.5 Å². The van der Waals surface area contributed by atoms with Gasteiger partial charge in [0, 0.05) is 25.7 Å². The van der Waals surface area contributed by atoms with E-state index in [1.54, 1.807) is 0 Å². The third-order valence-corrected chi connectivity index (χ3v) is 5.44. The molecule has 2 aliphatic rings. The quantitative estimate of drug-likeness (QED) is 0.708. The van der Waals surface area contributed by atoms with Crippen molar-refractivity contribution in [3.05, 3.63) is 35.9 Å². The number of amides is 1. The Labute approximate surface area is 151 Å². The molecule has 5 nitrogen and oxygen atoms in total. The van der Waals surface area contributed by atoms with Gasteiger partial charge in [-0.2, -0.15) is 0 Å². The summed E-state index contributed by atoms with van der Waals surface area (Å²) in [5.74, 6) is 0.754. The molecule has 0 aliphatic carbocycles. The molecule has 138 valence electrons. The monoisotopic (exact) mass is 344 g/mol. The maximum atomic E-state index is 12.3. The molecule has 0 bridgehead atoms. The Kier molecular flexibility index (Phi) is 6.84. The third kappa shape index (κ3) is 5.27. The summed E-state index contributed by atoms with van der Waals surface area (Å²) in [6.07, 6.45) is 5.65. The Morgan fingerprint density at radius 2 is 2.12 bits per heavy atom. The van der Waals surface area contributed by atoms with E-state index in [0.29, 0.717) is 12.0 Å². The molecular formula is C20H32N4O. The van der Waals surface area contributed by atoms with Gasteiger partial charge < -0.3 is 10.2 Å². The maximum Gasteiger partial charge on any atom is 0.238 e. The zero-order valence-corrected chi connectivity index (χ0v) is 15.3. The zero-order valence-electron chi connectivity index (χ0n) is 15.3. The van der Waals surface area contributed by atoms with E-state index in [1.165, 1.54) is 18.4 Å². The Bertz CT molecular complexity index is 536. The molecule has 3 unspecified atom stereocenters. The highest BCUT2D eigenvalue weighted by Gasteiger charge is 2.28. The van der Waals surface area contributed by atoms with Crippen molar-refractivity contribution in [2.75, 3.05) is 26.2 Å². The first-order chi connectivity index (χ1) is 12.3. The van der Waals surface area contributed by atoms with E-state index >= 15 is 0 Å². The molecule has 0 aromatic heterocycles. The van der Waals surface area contributed by atoms with Crippen molar-refractivity contribution in [3.8, 4) is 0 Å². The Morgan fingerprint density at radius 3 is 2.92 bits per heavy atom.